The van der Waals surface area contributed by atoms with E-state index in [1.807, 2.05) is 12.1 Å². The zero-order chi connectivity index (χ0) is 13.0. The molecular formula is C16H24O2. The normalized spacial score (nSPS) is 18.2. The molecule has 0 aromatic heterocycles. The fourth-order valence-corrected chi connectivity index (χ4v) is 2.82. The number of ether oxygens (including phenoxy) is 1. The summed E-state index contributed by atoms with van der Waals surface area (Å²) in [5, 5.41) is 10.1. The summed E-state index contributed by atoms with van der Waals surface area (Å²) in [5.41, 5.74) is 3.36. The molecule has 1 unspecified atom stereocenters. The van der Waals surface area contributed by atoms with Crippen molar-refractivity contribution in [3.05, 3.63) is 34.9 Å². The topological polar surface area (TPSA) is 29.5 Å². The molecule has 2 heteroatoms. The molecule has 100 valence electrons. The molecule has 1 N–H and O–H groups in total. The number of aryl methyl sites for hydroxylation is 2. The number of hydrogen-bond acceptors (Lipinski definition) is 2. The lowest BCUT2D eigenvalue weighted by Crippen LogP contribution is -2.12. The fourth-order valence-electron chi connectivity index (χ4n) is 2.82. The van der Waals surface area contributed by atoms with Crippen LogP contribution in [0.5, 0.6) is 0 Å². The number of aliphatic hydroxyl groups is 1. The maximum atomic E-state index is 10.1. The maximum Gasteiger partial charge on any atom is 0.102 e. The van der Waals surface area contributed by atoms with Crippen molar-refractivity contribution in [1.29, 1.82) is 0 Å². The summed E-state index contributed by atoms with van der Waals surface area (Å²) >= 11 is 0. The fraction of sp³-hybridized carbons (Fsp3) is 0.625. The highest BCUT2D eigenvalue weighted by Gasteiger charge is 2.16. The van der Waals surface area contributed by atoms with Gasteiger partial charge >= 0.3 is 0 Å². The third kappa shape index (κ3) is 3.82. The van der Waals surface area contributed by atoms with Gasteiger partial charge in [-0.05, 0) is 38.2 Å². The Morgan fingerprint density at radius 3 is 2.39 bits per heavy atom. The minimum Gasteiger partial charge on any atom is -0.386 e. The lowest BCUT2D eigenvalue weighted by Gasteiger charge is -2.15. The first-order valence-corrected chi connectivity index (χ1v) is 6.99. The third-order valence-electron chi connectivity index (χ3n) is 3.73. The summed E-state index contributed by atoms with van der Waals surface area (Å²) in [4.78, 5) is 0. The van der Waals surface area contributed by atoms with E-state index in [4.69, 9.17) is 4.74 Å². The third-order valence-corrected chi connectivity index (χ3v) is 3.73. The zero-order valence-corrected chi connectivity index (χ0v) is 11.5. The molecule has 0 amide bonds. The number of hydrogen-bond donors (Lipinski definition) is 1. The van der Waals surface area contributed by atoms with Gasteiger partial charge in [-0.15, -0.1) is 0 Å². The van der Waals surface area contributed by atoms with Crippen molar-refractivity contribution >= 4 is 0 Å². The maximum absolute atomic E-state index is 10.1. The van der Waals surface area contributed by atoms with Crippen molar-refractivity contribution in [3.63, 3.8) is 0 Å². The summed E-state index contributed by atoms with van der Waals surface area (Å²) in [5.74, 6) is 0.719. The Morgan fingerprint density at radius 1 is 1.17 bits per heavy atom. The number of rotatable bonds is 5. The van der Waals surface area contributed by atoms with Crippen LogP contribution in [0, 0.1) is 19.8 Å². The molecule has 2 rings (SSSR count). The van der Waals surface area contributed by atoms with Gasteiger partial charge < -0.3 is 9.84 Å². The summed E-state index contributed by atoms with van der Waals surface area (Å²) in [6, 6.07) is 6.20. The van der Waals surface area contributed by atoms with Crippen LogP contribution >= 0.6 is 0 Å². The Bertz CT molecular complexity index is 360. The number of benzene rings is 1. The predicted molar refractivity (Wildman–Crippen MR) is 73.7 cm³/mol. The second-order valence-corrected chi connectivity index (χ2v) is 5.62. The van der Waals surface area contributed by atoms with Crippen LogP contribution in [-0.4, -0.2) is 18.3 Å². The quantitative estimate of drug-likeness (QED) is 0.863. The van der Waals surface area contributed by atoms with Crippen molar-refractivity contribution in [2.24, 2.45) is 5.92 Å². The van der Waals surface area contributed by atoms with Gasteiger partial charge in [0.25, 0.3) is 0 Å². The van der Waals surface area contributed by atoms with Gasteiger partial charge in [-0.1, -0.05) is 42.2 Å². The van der Waals surface area contributed by atoms with Crippen LogP contribution in [0.4, 0.5) is 0 Å². The highest BCUT2D eigenvalue weighted by atomic mass is 16.5. The van der Waals surface area contributed by atoms with E-state index in [0.717, 1.165) is 18.1 Å². The van der Waals surface area contributed by atoms with E-state index in [1.165, 1.54) is 36.8 Å². The van der Waals surface area contributed by atoms with E-state index in [9.17, 15) is 5.11 Å². The largest absolute Gasteiger partial charge is 0.386 e. The lowest BCUT2D eigenvalue weighted by molar-refractivity contribution is 0.0211. The molecule has 18 heavy (non-hydrogen) atoms. The molecule has 0 aliphatic heterocycles. The molecule has 0 radical (unpaired) electrons. The summed E-state index contributed by atoms with van der Waals surface area (Å²) < 4.78 is 5.66. The molecule has 1 fully saturated rings. The average molecular weight is 248 g/mol. The highest BCUT2D eigenvalue weighted by Crippen LogP contribution is 2.25. The van der Waals surface area contributed by atoms with Gasteiger partial charge in [0, 0.05) is 6.61 Å². The first kappa shape index (κ1) is 13.6. The molecule has 1 aliphatic carbocycles. The van der Waals surface area contributed by atoms with Gasteiger partial charge in [0.05, 0.1) is 6.61 Å². The first-order chi connectivity index (χ1) is 8.65. The summed E-state index contributed by atoms with van der Waals surface area (Å²) in [6.07, 6.45) is 4.77. The Kier molecular flexibility index (Phi) is 4.79. The molecular weight excluding hydrogens is 224 g/mol. The van der Waals surface area contributed by atoms with E-state index in [0.29, 0.717) is 6.61 Å². The van der Waals surface area contributed by atoms with Crippen molar-refractivity contribution in [1.82, 2.24) is 0 Å². The minimum absolute atomic E-state index is 0.416. The van der Waals surface area contributed by atoms with Crippen LogP contribution in [0.1, 0.15) is 48.5 Å². The molecule has 0 bridgehead atoms. The molecule has 1 aliphatic rings. The van der Waals surface area contributed by atoms with Gasteiger partial charge in [-0.3, -0.25) is 0 Å². The van der Waals surface area contributed by atoms with Crippen molar-refractivity contribution in [2.45, 2.75) is 45.6 Å². The van der Waals surface area contributed by atoms with E-state index in [1.54, 1.807) is 0 Å². The van der Waals surface area contributed by atoms with Crippen molar-refractivity contribution in [2.75, 3.05) is 13.2 Å². The average Bonchev–Trinajstić information content (AvgIpc) is 2.80. The van der Waals surface area contributed by atoms with Gasteiger partial charge in [0.2, 0.25) is 0 Å². The monoisotopic (exact) mass is 248 g/mol. The summed E-state index contributed by atoms with van der Waals surface area (Å²) in [7, 11) is 0. The Labute approximate surface area is 110 Å². The number of aliphatic hydroxyl groups excluding tert-OH is 1. The van der Waals surface area contributed by atoms with Crippen molar-refractivity contribution < 1.29 is 9.84 Å². The second-order valence-electron chi connectivity index (χ2n) is 5.62. The molecule has 1 saturated carbocycles. The Morgan fingerprint density at radius 2 is 1.78 bits per heavy atom. The molecule has 0 heterocycles. The van der Waals surface area contributed by atoms with Crippen LogP contribution in [0.3, 0.4) is 0 Å². The lowest BCUT2D eigenvalue weighted by atomic mass is 10.0. The Balaban J connectivity index is 1.81. The molecule has 0 saturated heterocycles. The van der Waals surface area contributed by atoms with E-state index >= 15 is 0 Å². The van der Waals surface area contributed by atoms with Gasteiger partial charge in [-0.25, -0.2) is 0 Å². The summed E-state index contributed by atoms with van der Waals surface area (Å²) in [6.45, 7) is 5.34. The van der Waals surface area contributed by atoms with Crippen LogP contribution in [0.25, 0.3) is 0 Å². The Hall–Kier alpha value is -0.860. The SMILES string of the molecule is Cc1cc(C)cc(C(O)COCC2CCCC2)c1. The van der Waals surface area contributed by atoms with Crippen LogP contribution in [-0.2, 0) is 4.74 Å². The van der Waals surface area contributed by atoms with E-state index in [-0.39, 0.29) is 0 Å². The molecule has 2 nitrogen and oxygen atoms in total. The standard InChI is InChI=1S/C16H24O2/c1-12-7-13(2)9-15(8-12)16(17)11-18-10-14-5-3-4-6-14/h7-9,14,16-17H,3-6,10-11H2,1-2H3. The second kappa shape index (κ2) is 6.35. The minimum atomic E-state index is -0.495. The van der Waals surface area contributed by atoms with Crippen LogP contribution < -0.4 is 0 Å². The zero-order valence-electron chi connectivity index (χ0n) is 11.5. The van der Waals surface area contributed by atoms with Crippen LogP contribution in [0.2, 0.25) is 0 Å². The predicted octanol–water partition coefficient (Wildman–Crippen LogP) is 3.54. The van der Waals surface area contributed by atoms with E-state index in [2.05, 4.69) is 19.9 Å². The van der Waals surface area contributed by atoms with Crippen molar-refractivity contribution in [3.8, 4) is 0 Å². The molecule has 1 atom stereocenters. The first-order valence-electron chi connectivity index (χ1n) is 6.99. The molecule has 0 spiro atoms. The van der Waals surface area contributed by atoms with Crippen LogP contribution in [0.15, 0.2) is 18.2 Å². The molecule has 1 aromatic rings. The molecule has 1 aromatic carbocycles. The van der Waals surface area contributed by atoms with Gasteiger partial charge in [-0.2, -0.15) is 0 Å². The van der Waals surface area contributed by atoms with E-state index < -0.39 is 6.10 Å². The van der Waals surface area contributed by atoms with Gasteiger partial charge in [0.1, 0.15) is 6.10 Å². The van der Waals surface area contributed by atoms with Gasteiger partial charge in [0.15, 0.2) is 0 Å². The highest BCUT2D eigenvalue weighted by molar-refractivity contribution is 5.29. The smallest absolute Gasteiger partial charge is 0.102 e.